The maximum Gasteiger partial charge on any atom is 0.304 e. The molecule has 1 aromatic carbocycles. The van der Waals surface area contributed by atoms with Crippen LogP contribution < -0.4 is 4.74 Å². The van der Waals surface area contributed by atoms with E-state index in [2.05, 4.69) is 15.9 Å². The van der Waals surface area contributed by atoms with Gasteiger partial charge in [0.25, 0.3) is 0 Å². The Kier molecular flexibility index (Phi) is 5.33. The van der Waals surface area contributed by atoms with Gasteiger partial charge >= 0.3 is 5.97 Å². The number of sulfonamides is 1. The van der Waals surface area contributed by atoms with Crippen molar-refractivity contribution in [3.05, 3.63) is 22.7 Å². The highest BCUT2D eigenvalue weighted by atomic mass is 79.9. The van der Waals surface area contributed by atoms with Gasteiger partial charge in [0.1, 0.15) is 5.75 Å². The molecular weight excluding hydrogens is 338 g/mol. The van der Waals surface area contributed by atoms with Crippen LogP contribution in [-0.4, -0.2) is 44.5 Å². The highest BCUT2D eigenvalue weighted by Gasteiger charge is 2.22. The number of ether oxygens (including phenoxy) is 1. The van der Waals surface area contributed by atoms with E-state index in [1.165, 1.54) is 26.3 Å². The summed E-state index contributed by atoms with van der Waals surface area (Å²) in [5.41, 5.74) is 0. The van der Waals surface area contributed by atoms with Gasteiger partial charge in [-0.15, -0.1) is 0 Å². The van der Waals surface area contributed by atoms with E-state index < -0.39 is 16.0 Å². The number of aliphatic carboxylic acids is 1. The van der Waals surface area contributed by atoms with Crippen molar-refractivity contribution in [1.82, 2.24) is 4.31 Å². The third kappa shape index (κ3) is 3.92. The number of rotatable bonds is 6. The maximum atomic E-state index is 12.2. The molecule has 0 amide bonds. The van der Waals surface area contributed by atoms with E-state index in [1.807, 2.05) is 0 Å². The Morgan fingerprint density at radius 3 is 2.63 bits per heavy atom. The van der Waals surface area contributed by atoms with Crippen LogP contribution >= 0.6 is 15.9 Å². The van der Waals surface area contributed by atoms with Crippen LogP contribution in [0.3, 0.4) is 0 Å². The van der Waals surface area contributed by atoms with E-state index >= 15 is 0 Å². The predicted octanol–water partition coefficient (Wildman–Crippen LogP) is 1.55. The van der Waals surface area contributed by atoms with Crippen molar-refractivity contribution in [2.75, 3.05) is 20.7 Å². The molecule has 0 atom stereocenters. The lowest BCUT2D eigenvalue weighted by Crippen LogP contribution is -2.29. The Labute approximate surface area is 120 Å². The molecule has 0 aliphatic heterocycles. The number of carboxylic acid groups (broad SMARTS) is 1. The molecule has 1 N–H and O–H groups in total. The average molecular weight is 352 g/mol. The third-order valence-electron chi connectivity index (χ3n) is 2.47. The van der Waals surface area contributed by atoms with Gasteiger partial charge in [0.05, 0.1) is 22.9 Å². The first-order chi connectivity index (χ1) is 8.78. The molecular formula is C11H14BrNO5S. The number of halogens is 1. The van der Waals surface area contributed by atoms with Crippen molar-refractivity contribution >= 4 is 31.9 Å². The van der Waals surface area contributed by atoms with Crippen molar-refractivity contribution in [3.63, 3.8) is 0 Å². The van der Waals surface area contributed by atoms with Crippen molar-refractivity contribution in [3.8, 4) is 5.75 Å². The van der Waals surface area contributed by atoms with Crippen molar-refractivity contribution in [1.29, 1.82) is 0 Å². The van der Waals surface area contributed by atoms with E-state index in [9.17, 15) is 13.2 Å². The highest BCUT2D eigenvalue weighted by molar-refractivity contribution is 9.10. The minimum atomic E-state index is -3.71. The molecule has 0 saturated carbocycles. The monoisotopic (exact) mass is 351 g/mol. The lowest BCUT2D eigenvalue weighted by atomic mass is 10.3. The van der Waals surface area contributed by atoms with Gasteiger partial charge in [-0.1, -0.05) is 0 Å². The van der Waals surface area contributed by atoms with Crippen molar-refractivity contribution in [2.24, 2.45) is 0 Å². The number of carboxylic acids is 1. The molecule has 6 nitrogen and oxygen atoms in total. The predicted molar refractivity (Wildman–Crippen MR) is 72.8 cm³/mol. The summed E-state index contributed by atoms with van der Waals surface area (Å²) in [5.74, 6) is -0.650. The van der Waals surface area contributed by atoms with Gasteiger partial charge in [0.2, 0.25) is 10.0 Å². The van der Waals surface area contributed by atoms with E-state index in [1.54, 1.807) is 6.07 Å². The second-order valence-electron chi connectivity index (χ2n) is 3.77. The first kappa shape index (κ1) is 15.9. The zero-order valence-electron chi connectivity index (χ0n) is 10.5. The largest absolute Gasteiger partial charge is 0.496 e. The number of methoxy groups -OCH3 is 1. The number of hydrogen-bond acceptors (Lipinski definition) is 4. The summed E-state index contributed by atoms with van der Waals surface area (Å²) >= 11 is 3.23. The maximum absolute atomic E-state index is 12.2. The smallest absolute Gasteiger partial charge is 0.304 e. The summed E-state index contributed by atoms with van der Waals surface area (Å²) in [4.78, 5) is 10.5. The first-order valence-corrected chi connectivity index (χ1v) is 7.54. The van der Waals surface area contributed by atoms with Gasteiger partial charge in [-0.2, -0.15) is 0 Å². The van der Waals surface area contributed by atoms with E-state index in [4.69, 9.17) is 9.84 Å². The van der Waals surface area contributed by atoms with Gasteiger partial charge in [-0.05, 0) is 28.1 Å². The number of benzene rings is 1. The number of carbonyl (C=O) groups is 1. The molecule has 0 unspecified atom stereocenters. The zero-order chi connectivity index (χ0) is 14.6. The molecule has 106 valence electrons. The van der Waals surface area contributed by atoms with Crippen LogP contribution in [0.1, 0.15) is 6.42 Å². The average Bonchev–Trinajstić information content (AvgIpc) is 2.35. The summed E-state index contributed by atoms with van der Waals surface area (Å²) in [6.45, 7) is -0.0873. The Bertz CT molecular complexity index is 572. The summed E-state index contributed by atoms with van der Waals surface area (Å²) in [7, 11) is -0.940. The Morgan fingerprint density at radius 2 is 2.11 bits per heavy atom. The molecule has 0 bridgehead atoms. The van der Waals surface area contributed by atoms with Crippen LogP contribution in [0.25, 0.3) is 0 Å². The van der Waals surface area contributed by atoms with Gasteiger partial charge in [0, 0.05) is 19.7 Å². The number of nitrogens with zero attached hydrogens (tertiary/aromatic N) is 1. The fraction of sp³-hybridized carbons (Fsp3) is 0.364. The molecule has 0 aliphatic rings. The topological polar surface area (TPSA) is 83.9 Å². The van der Waals surface area contributed by atoms with Crippen LogP contribution in [0.15, 0.2) is 27.6 Å². The summed E-state index contributed by atoms with van der Waals surface area (Å²) in [5, 5.41) is 8.57. The van der Waals surface area contributed by atoms with E-state index in [-0.39, 0.29) is 17.9 Å². The Balaban J connectivity index is 3.02. The molecule has 0 heterocycles. The van der Waals surface area contributed by atoms with Crippen LogP contribution in [0.5, 0.6) is 5.75 Å². The third-order valence-corrected chi connectivity index (χ3v) is 4.98. The summed E-state index contributed by atoms with van der Waals surface area (Å²) < 4.78 is 31.1. The van der Waals surface area contributed by atoms with E-state index in [0.717, 1.165) is 4.31 Å². The van der Waals surface area contributed by atoms with Gasteiger partial charge < -0.3 is 9.84 Å². The molecule has 0 radical (unpaired) electrons. The second-order valence-corrected chi connectivity index (χ2v) is 6.67. The first-order valence-electron chi connectivity index (χ1n) is 5.30. The van der Waals surface area contributed by atoms with Crippen LogP contribution in [-0.2, 0) is 14.8 Å². The molecule has 8 heteroatoms. The molecule has 1 rings (SSSR count). The molecule has 0 fully saturated rings. The Hall–Kier alpha value is -1.12. The molecule has 0 saturated heterocycles. The fourth-order valence-corrected chi connectivity index (χ4v) is 2.95. The van der Waals surface area contributed by atoms with Gasteiger partial charge in [-0.25, -0.2) is 12.7 Å². The van der Waals surface area contributed by atoms with Crippen LogP contribution in [0.4, 0.5) is 0 Å². The minimum absolute atomic E-state index is 0.0560. The SMILES string of the molecule is COc1cc(S(=O)(=O)N(C)CCC(=O)O)ccc1Br. The summed E-state index contributed by atoms with van der Waals surface area (Å²) in [6.07, 6.45) is -0.247. The fourth-order valence-electron chi connectivity index (χ4n) is 1.35. The van der Waals surface area contributed by atoms with E-state index in [0.29, 0.717) is 10.2 Å². The highest BCUT2D eigenvalue weighted by Crippen LogP contribution is 2.28. The second kappa shape index (κ2) is 6.36. The number of hydrogen-bond donors (Lipinski definition) is 1. The molecule has 1 aromatic rings. The normalized spacial score (nSPS) is 11.6. The van der Waals surface area contributed by atoms with Crippen LogP contribution in [0, 0.1) is 0 Å². The summed E-state index contributed by atoms with van der Waals surface area (Å²) in [6, 6.07) is 4.38. The lowest BCUT2D eigenvalue weighted by molar-refractivity contribution is -0.137. The lowest BCUT2D eigenvalue weighted by Gasteiger charge is -2.16. The van der Waals surface area contributed by atoms with Gasteiger partial charge in [-0.3, -0.25) is 4.79 Å². The van der Waals surface area contributed by atoms with Crippen molar-refractivity contribution < 1.29 is 23.1 Å². The minimum Gasteiger partial charge on any atom is -0.496 e. The molecule has 19 heavy (non-hydrogen) atoms. The molecule has 0 spiro atoms. The van der Waals surface area contributed by atoms with Gasteiger partial charge in [0.15, 0.2) is 0 Å². The zero-order valence-corrected chi connectivity index (χ0v) is 12.9. The quantitative estimate of drug-likeness (QED) is 0.840. The van der Waals surface area contributed by atoms with Crippen LogP contribution in [0.2, 0.25) is 0 Å². The Morgan fingerprint density at radius 1 is 1.47 bits per heavy atom. The molecule has 0 aromatic heterocycles. The van der Waals surface area contributed by atoms with Crippen molar-refractivity contribution in [2.45, 2.75) is 11.3 Å². The molecule has 0 aliphatic carbocycles. The standard InChI is InChI=1S/C11H14BrNO5S/c1-13(6-5-11(14)15)19(16,17)8-3-4-9(12)10(7-8)18-2/h3-4,7H,5-6H2,1-2H3,(H,14,15).